The molecular formula is C14H20Br2N2. The highest BCUT2D eigenvalue weighted by Gasteiger charge is 2.24. The van der Waals surface area contributed by atoms with Gasteiger partial charge >= 0.3 is 0 Å². The highest BCUT2D eigenvalue weighted by molar-refractivity contribution is 9.11. The molecule has 1 aromatic heterocycles. The lowest BCUT2D eigenvalue weighted by Crippen LogP contribution is -2.38. The molecular weight excluding hydrogens is 356 g/mol. The lowest BCUT2D eigenvalue weighted by molar-refractivity contribution is 0.226. The molecule has 100 valence electrons. The number of nitrogens with zero attached hydrogens (tertiary/aromatic N) is 1. The molecule has 1 aliphatic carbocycles. The Bertz CT molecular complexity index is 409. The molecule has 2 nitrogen and oxygen atoms in total. The highest BCUT2D eigenvalue weighted by atomic mass is 79.9. The molecule has 3 atom stereocenters. The predicted molar refractivity (Wildman–Crippen MR) is 82.4 cm³/mol. The van der Waals surface area contributed by atoms with E-state index in [1.165, 1.54) is 19.3 Å². The molecule has 18 heavy (non-hydrogen) atoms. The fourth-order valence-electron chi connectivity index (χ4n) is 2.77. The molecule has 0 spiro atoms. The lowest BCUT2D eigenvalue weighted by atomic mass is 9.80. The van der Waals surface area contributed by atoms with Gasteiger partial charge in [0, 0.05) is 27.7 Å². The van der Waals surface area contributed by atoms with Crippen LogP contribution in [0.4, 0.5) is 0 Å². The maximum atomic E-state index is 4.45. The Morgan fingerprint density at radius 2 is 2.11 bits per heavy atom. The fraction of sp³-hybridized carbons (Fsp3) is 0.643. The summed E-state index contributed by atoms with van der Waals surface area (Å²) in [5, 5.41) is 3.66. The van der Waals surface area contributed by atoms with E-state index in [0.717, 1.165) is 33.0 Å². The van der Waals surface area contributed by atoms with Crippen molar-refractivity contribution in [3.63, 3.8) is 0 Å². The van der Waals surface area contributed by atoms with Crippen LogP contribution in [0.2, 0.25) is 0 Å². The Labute approximate surface area is 126 Å². The molecule has 1 fully saturated rings. The SMILES string of the molecule is CC1CCC(NCc2ncc(Br)cc2Br)C(C)C1. The summed E-state index contributed by atoms with van der Waals surface area (Å²) in [6.45, 7) is 5.56. The number of rotatable bonds is 3. The van der Waals surface area contributed by atoms with Crippen molar-refractivity contribution in [3.05, 3.63) is 26.9 Å². The molecule has 1 N–H and O–H groups in total. The largest absolute Gasteiger partial charge is 0.308 e. The van der Waals surface area contributed by atoms with Crippen molar-refractivity contribution in [2.45, 2.75) is 45.7 Å². The van der Waals surface area contributed by atoms with E-state index in [1.807, 2.05) is 6.20 Å². The van der Waals surface area contributed by atoms with Crippen molar-refractivity contribution < 1.29 is 0 Å². The van der Waals surface area contributed by atoms with E-state index >= 15 is 0 Å². The third-order valence-electron chi connectivity index (χ3n) is 3.85. The standard InChI is InChI=1S/C14H20Br2N2/c1-9-3-4-13(10(2)5-9)18-8-14-12(16)6-11(15)7-17-14/h6-7,9-10,13,18H,3-5,8H2,1-2H3. The van der Waals surface area contributed by atoms with Gasteiger partial charge in [0.2, 0.25) is 0 Å². The average Bonchev–Trinajstić information content (AvgIpc) is 2.30. The quantitative estimate of drug-likeness (QED) is 0.839. The molecule has 1 saturated carbocycles. The Kier molecular flexibility index (Phi) is 5.22. The van der Waals surface area contributed by atoms with Gasteiger partial charge in [0.15, 0.2) is 0 Å². The maximum Gasteiger partial charge on any atom is 0.0684 e. The van der Waals surface area contributed by atoms with E-state index in [-0.39, 0.29) is 0 Å². The van der Waals surface area contributed by atoms with Crippen LogP contribution in [0.15, 0.2) is 21.2 Å². The molecule has 1 aromatic rings. The van der Waals surface area contributed by atoms with Crippen LogP contribution in [0.25, 0.3) is 0 Å². The minimum absolute atomic E-state index is 0.638. The first-order chi connectivity index (χ1) is 8.56. The van der Waals surface area contributed by atoms with Crippen molar-refractivity contribution in [1.82, 2.24) is 10.3 Å². The van der Waals surface area contributed by atoms with Crippen LogP contribution in [0.1, 0.15) is 38.8 Å². The second kappa shape index (κ2) is 6.49. The van der Waals surface area contributed by atoms with Gasteiger partial charge < -0.3 is 5.32 Å². The average molecular weight is 376 g/mol. The topological polar surface area (TPSA) is 24.9 Å². The monoisotopic (exact) mass is 374 g/mol. The van der Waals surface area contributed by atoms with Crippen LogP contribution < -0.4 is 5.32 Å². The maximum absolute atomic E-state index is 4.45. The number of pyridine rings is 1. The predicted octanol–water partition coefficient (Wildman–Crippen LogP) is 4.52. The Hall–Kier alpha value is 0.0700. The molecule has 3 unspecified atom stereocenters. The summed E-state index contributed by atoms with van der Waals surface area (Å²) in [7, 11) is 0. The Morgan fingerprint density at radius 1 is 1.33 bits per heavy atom. The van der Waals surface area contributed by atoms with Gasteiger partial charge in [-0.05, 0) is 69.0 Å². The number of aromatic nitrogens is 1. The van der Waals surface area contributed by atoms with Crippen molar-refractivity contribution in [2.75, 3.05) is 0 Å². The molecule has 0 aliphatic heterocycles. The van der Waals surface area contributed by atoms with Crippen LogP contribution in [-0.2, 0) is 6.54 Å². The zero-order valence-electron chi connectivity index (χ0n) is 10.9. The van der Waals surface area contributed by atoms with Gasteiger partial charge in [0.05, 0.1) is 5.69 Å². The minimum Gasteiger partial charge on any atom is -0.308 e. The molecule has 2 rings (SSSR count). The first kappa shape index (κ1) is 14.5. The summed E-state index contributed by atoms with van der Waals surface area (Å²) >= 11 is 6.99. The Balaban J connectivity index is 1.91. The van der Waals surface area contributed by atoms with E-state index in [2.05, 4.69) is 62.1 Å². The summed E-state index contributed by atoms with van der Waals surface area (Å²) in [5.74, 6) is 1.65. The van der Waals surface area contributed by atoms with Gasteiger partial charge in [-0.3, -0.25) is 4.98 Å². The van der Waals surface area contributed by atoms with Crippen molar-refractivity contribution >= 4 is 31.9 Å². The van der Waals surface area contributed by atoms with E-state index in [0.29, 0.717) is 6.04 Å². The van der Waals surface area contributed by atoms with Gasteiger partial charge in [-0.15, -0.1) is 0 Å². The van der Waals surface area contributed by atoms with E-state index in [1.54, 1.807) is 0 Å². The summed E-state index contributed by atoms with van der Waals surface area (Å²) in [6, 6.07) is 2.69. The van der Waals surface area contributed by atoms with Gasteiger partial charge in [-0.1, -0.05) is 13.8 Å². The van der Waals surface area contributed by atoms with Gasteiger partial charge in [0.1, 0.15) is 0 Å². The summed E-state index contributed by atoms with van der Waals surface area (Å²) in [4.78, 5) is 4.45. The Morgan fingerprint density at radius 3 is 2.78 bits per heavy atom. The van der Waals surface area contributed by atoms with Crippen molar-refractivity contribution in [1.29, 1.82) is 0 Å². The summed E-state index contributed by atoms with van der Waals surface area (Å²) in [5.41, 5.74) is 1.09. The van der Waals surface area contributed by atoms with Crippen LogP contribution in [-0.4, -0.2) is 11.0 Å². The van der Waals surface area contributed by atoms with Crippen LogP contribution >= 0.6 is 31.9 Å². The second-order valence-corrected chi connectivity index (χ2v) is 7.23. The van der Waals surface area contributed by atoms with Crippen LogP contribution in [0, 0.1) is 11.8 Å². The highest BCUT2D eigenvalue weighted by Crippen LogP contribution is 2.29. The third-order valence-corrected chi connectivity index (χ3v) is 4.97. The molecule has 4 heteroatoms. The zero-order valence-corrected chi connectivity index (χ0v) is 14.1. The summed E-state index contributed by atoms with van der Waals surface area (Å²) in [6.07, 6.45) is 5.83. The zero-order chi connectivity index (χ0) is 13.1. The van der Waals surface area contributed by atoms with E-state index < -0.39 is 0 Å². The third kappa shape index (κ3) is 3.78. The molecule has 0 bridgehead atoms. The van der Waals surface area contributed by atoms with Gasteiger partial charge in [-0.2, -0.15) is 0 Å². The van der Waals surface area contributed by atoms with Crippen molar-refractivity contribution in [3.8, 4) is 0 Å². The van der Waals surface area contributed by atoms with Crippen molar-refractivity contribution in [2.24, 2.45) is 11.8 Å². The van der Waals surface area contributed by atoms with Crippen LogP contribution in [0.5, 0.6) is 0 Å². The fourth-order valence-corrected chi connectivity index (χ4v) is 3.90. The number of hydrogen-bond acceptors (Lipinski definition) is 2. The van der Waals surface area contributed by atoms with E-state index in [4.69, 9.17) is 0 Å². The van der Waals surface area contributed by atoms with Gasteiger partial charge in [-0.25, -0.2) is 0 Å². The molecule has 1 heterocycles. The second-order valence-electron chi connectivity index (χ2n) is 5.46. The first-order valence-electron chi connectivity index (χ1n) is 6.59. The number of nitrogens with one attached hydrogen (secondary N) is 1. The number of hydrogen-bond donors (Lipinski definition) is 1. The molecule has 0 amide bonds. The minimum atomic E-state index is 0.638. The molecule has 0 aromatic carbocycles. The first-order valence-corrected chi connectivity index (χ1v) is 8.18. The molecule has 0 saturated heterocycles. The van der Waals surface area contributed by atoms with Crippen LogP contribution in [0.3, 0.4) is 0 Å². The smallest absolute Gasteiger partial charge is 0.0684 e. The van der Waals surface area contributed by atoms with Gasteiger partial charge in [0.25, 0.3) is 0 Å². The lowest BCUT2D eigenvalue weighted by Gasteiger charge is -2.33. The van der Waals surface area contributed by atoms with E-state index in [9.17, 15) is 0 Å². The number of halogens is 2. The molecule has 0 radical (unpaired) electrons. The molecule has 1 aliphatic rings. The normalized spacial score (nSPS) is 28.3. The summed E-state index contributed by atoms with van der Waals surface area (Å²) < 4.78 is 2.08.